The van der Waals surface area contributed by atoms with Crippen LogP contribution < -0.4 is 20.6 Å². The minimum Gasteiger partial charge on any atom is -0.438 e. The number of halogens is 7. The van der Waals surface area contributed by atoms with Gasteiger partial charge < -0.3 is 18.6 Å². The predicted molar refractivity (Wildman–Crippen MR) is 233 cm³/mol. The van der Waals surface area contributed by atoms with Crippen LogP contribution in [-0.2, 0) is 25.4 Å². The van der Waals surface area contributed by atoms with E-state index in [1.807, 2.05) is 64.5 Å². The molecular weight excluding hydrogens is 927 g/mol. The van der Waals surface area contributed by atoms with Gasteiger partial charge in [0, 0.05) is 23.4 Å². The number of nitrogens with zero attached hydrogens (tertiary/aromatic N) is 6. The van der Waals surface area contributed by atoms with E-state index >= 15 is 0 Å². The second-order valence-corrected chi connectivity index (χ2v) is 15.5. The van der Waals surface area contributed by atoms with Gasteiger partial charge in [-0.2, -0.15) is 47.6 Å². The highest BCUT2D eigenvalue weighted by Gasteiger charge is 2.36. The van der Waals surface area contributed by atoms with E-state index in [1.54, 1.807) is 28.0 Å². The Morgan fingerprint density at radius 1 is 0.578 bits per heavy atom. The molecule has 0 fully saturated rings. The van der Waals surface area contributed by atoms with Crippen LogP contribution in [0.15, 0.2) is 165 Å². The summed E-state index contributed by atoms with van der Waals surface area (Å²) >= 11 is 5.10. The molecule has 18 heteroatoms. The van der Waals surface area contributed by atoms with E-state index in [0.717, 1.165) is 38.9 Å². The van der Waals surface area contributed by atoms with Crippen LogP contribution in [0.2, 0.25) is 0 Å². The number of aromatic nitrogens is 6. The first-order valence-electron chi connectivity index (χ1n) is 19.0. The number of hydrogen-bond acceptors (Lipinski definition) is 9. The van der Waals surface area contributed by atoms with Gasteiger partial charge in [0.1, 0.15) is 22.6 Å². The largest absolute Gasteiger partial charge is 0.438 e. The summed E-state index contributed by atoms with van der Waals surface area (Å²) in [6.45, 7) is 0.901. The zero-order valence-electron chi connectivity index (χ0n) is 32.7. The molecule has 0 saturated heterocycles. The molecule has 0 aliphatic heterocycles. The molecule has 0 bridgehead atoms. The first kappa shape index (κ1) is 43.5. The topological polar surface area (TPSA) is 114 Å². The summed E-state index contributed by atoms with van der Waals surface area (Å²) in [6.07, 6.45) is -3.91. The highest BCUT2D eigenvalue weighted by molar-refractivity contribution is 9.10. The van der Waals surface area contributed by atoms with Crippen LogP contribution in [0.1, 0.15) is 22.3 Å². The highest BCUT2D eigenvalue weighted by atomic mass is 79.9. The second kappa shape index (κ2) is 18.3. The average molecular weight is 956 g/mol. The van der Waals surface area contributed by atoms with E-state index in [0.29, 0.717) is 24.1 Å². The fourth-order valence-electron chi connectivity index (χ4n) is 6.71. The molecule has 5 aromatic heterocycles. The monoisotopic (exact) mass is 954 g/mol. The molecule has 9 aromatic rings. The summed E-state index contributed by atoms with van der Waals surface area (Å²) in [5.74, 6) is -1.04. The van der Waals surface area contributed by atoms with Crippen molar-refractivity contribution >= 4 is 49.1 Å². The lowest BCUT2D eigenvalue weighted by atomic mass is 10.0. The lowest BCUT2D eigenvalue weighted by Crippen LogP contribution is -2.13. The van der Waals surface area contributed by atoms with E-state index in [4.69, 9.17) is 9.47 Å². The fourth-order valence-corrected chi connectivity index (χ4v) is 7.78. The number of alkyl halides is 6. The maximum absolute atomic E-state index is 13.3. The third-order valence-electron chi connectivity index (χ3n) is 9.72. The Labute approximate surface area is 370 Å². The van der Waals surface area contributed by atoms with Gasteiger partial charge >= 0.3 is 12.4 Å². The maximum Gasteiger partial charge on any atom is 0.421 e. The van der Waals surface area contributed by atoms with E-state index in [2.05, 4.69) is 41.2 Å². The number of benzene rings is 4. The van der Waals surface area contributed by atoms with Gasteiger partial charge in [0.15, 0.2) is 0 Å². The molecule has 0 aliphatic rings. The molecule has 0 aliphatic carbocycles. The van der Waals surface area contributed by atoms with Gasteiger partial charge in [-0.3, -0.25) is 9.59 Å². The van der Waals surface area contributed by atoms with Crippen LogP contribution in [0.4, 0.5) is 26.3 Å². The van der Waals surface area contributed by atoms with Crippen LogP contribution in [-0.4, -0.2) is 29.1 Å². The molecule has 0 unspecified atom stereocenters. The highest BCUT2D eigenvalue weighted by Crippen LogP contribution is 2.38. The van der Waals surface area contributed by atoms with Crippen LogP contribution in [0, 0.1) is 0 Å². The van der Waals surface area contributed by atoms with Crippen molar-refractivity contribution in [2.75, 3.05) is 0 Å². The Morgan fingerprint density at radius 3 is 1.58 bits per heavy atom. The Morgan fingerprint density at radius 2 is 1.08 bits per heavy atom. The summed E-state index contributed by atoms with van der Waals surface area (Å²) in [4.78, 5) is 40.0. The molecular formula is C46H29BrF6N6O4S. The van der Waals surface area contributed by atoms with Crippen molar-refractivity contribution in [3.05, 3.63) is 199 Å². The second-order valence-electron chi connectivity index (χ2n) is 13.9. The number of fused-ring (bicyclic) bond motifs is 2. The Kier molecular flexibility index (Phi) is 12.4. The van der Waals surface area contributed by atoms with E-state index in [1.165, 1.54) is 61.4 Å². The zero-order chi connectivity index (χ0) is 45.0. The van der Waals surface area contributed by atoms with Gasteiger partial charge in [-0.25, -0.2) is 9.97 Å². The lowest BCUT2D eigenvalue weighted by Gasteiger charge is -2.15. The Balaban J connectivity index is 0.000000176. The number of ether oxygens (including phenoxy) is 2. The first-order chi connectivity index (χ1) is 30.7. The molecule has 64 heavy (non-hydrogen) atoms. The standard InChI is InChI=1S/C25H16F3N3O2S.C21H13BrF3N3O2/c26-25(27,28)21-6-3-10-29-24(21)33-18-7-8-22-20(12-18)23(32)30-15-31(22)13-16-4-1-2-5-19(16)17-9-11-34-14-17;22-17-6-2-1-4-13(17)11-28-12-27-19(29)15-10-14(7-8-18(15)28)30-20-16(21(23,24)25)5-3-9-26-20/h1-12,14-15H,13H2;1-10,12H,11H2. The van der Waals surface area contributed by atoms with Crippen molar-refractivity contribution in [3.63, 3.8) is 0 Å². The van der Waals surface area contributed by atoms with Crippen molar-refractivity contribution in [2.45, 2.75) is 25.4 Å². The number of rotatable bonds is 9. The molecule has 0 atom stereocenters. The summed E-state index contributed by atoms with van der Waals surface area (Å²) in [6, 6.07) is 30.8. The molecule has 0 radical (unpaired) electrons. The normalized spacial score (nSPS) is 11.6. The van der Waals surface area contributed by atoms with Gasteiger partial charge in [-0.1, -0.05) is 58.4 Å². The van der Waals surface area contributed by atoms with Gasteiger partial charge in [0.2, 0.25) is 11.8 Å². The quantitative estimate of drug-likeness (QED) is 0.131. The SMILES string of the molecule is O=c1ncn(Cc2ccccc2-c2ccsc2)c2ccc(Oc3ncccc3C(F)(F)F)cc12.O=c1ncn(Cc2ccccc2Br)c2ccc(Oc3ncccc3C(F)(F)F)cc12. The first-order valence-corrected chi connectivity index (χ1v) is 20.7. The number of pyridine rings is 2. The minimum absolute atomic E-state index is 0.0595. The Hall–Kier alpha value is -7.18. The summed E-state index contributed by atoms with van der Waals surface area (Å²) < 4.78 is 94.7. The molecule has 0 amide bonds. The van der Waals surface area contributed by atoms with Crippen LogP contribution in [0.3, 0.4) is 0 Å². The minimum atomic E-state index is -4.62. The smallest absolute Gasteiger partial charge is 0.421 e. The van der Waals surface area contributed by atoms with Crippen molar-refractivity contribution in [1.29, 1.82) is 0 Å². The fraction of sp³-hybridized carbons (Fsp3) is 0.0870. The van der Waals surface area contributed by atoms with Crippen LogP contribution in [0.5, 0.6) is 23.3 Å². The molecule has 4 aromatic carbocycles. The third-order valence-corrected chi connectivity index (χ3v) is 11.2. The maximum atomic E-state index is 13.3. The van der Waals surface area contributed by atoms with Gasteiger partial charge in [0.05, 0.1) is 41.0 Å². The van der Waals surface area contributed by atoms with Crippen molar-refractivity contribution in [1.82, 2.24) is 29.1 Å². The van der Waals surface area contributed by atoms with Gasteiger partial charge in [-0.15, -0.1) is 0 Å². The summed E-state index contributed by atoms with van der Waals surface area (Å²) in [5.41, 5.74) is 2.36. The lowest BCUT2D eigenvalue weighted by molar-refractivity contribution is -0.139. The predicted octanol–water partition coefficient (Wildman–Crippen LogP) is 11.8. The van der Waals surface area contributed by atoms with E-state index < -0.39 is 46.4 Å². The molecule has 0 N–H and O–H groups in total. The summed E-state index contributed by atoms with van der Waals surface area (Å²) in [5, 5.41) is 4.54. The van der Waals surface area contributed by atoms with Crippen molar-refractivity contribution < 1.29 is 35.8 Å². The molecule has 0 saturated carbocycles. The molecule has 0 spiro atoms. The molecule has 9 rings (SSSR count). The van der Waals surface area contributed by atoms with E-state index in [-0.39, 0.29) is 22.3 Å². The van der Waals surface area contributed by atoms with Gasteiger partial charge in [0.25, 0.3) is 11.1 Å². The van der Waals surface area contributed by atoms with Crippen LogP contribution in [0.25, 0.3) is 32.9 Å². The zero-order valence-corrected chi connectivity index (χ0v) is 35.1. The molecule has 322 valence electrons. The molecule has 10 nitrogen and oxygen atoms in total. The van der Waals surface area contributed by atoms with E-state index in [9.17, 15) is 35.9 Å². The Bertz CT molecular complexity index is 3250. The van der Waals surface area contributed by atoms with Crippen LogP contribution >= 0.6 is 27.3 Å². The third kappa shape index (κ3) is 9.72. The number of thiophene rings is 1. The van der Waals surface area contributed by atoms with Crippen molar-refractivity contribution in [3.8, 4) is 34.4 Å². The van der Waals surface area contributed by atoms with Gasteiger partial charge in [-0.05, 0) is 106 Å². The summed E-state index contributed by atoms with van der Waals surface area (Å²) in [7, 11) is 0. The average Bonchev–Trinajstić information content (AvgIpc) is 3.82. The number of hydrogen-bond donors (Lipinski definition) is 0. The molecule has 5 heterocycles. The van der Waals surface area contributed by atoms with Crippen molar-refractivity contribution in [2.24, 2.45) is 0 Å².